The van der Waals surface area contributed by atoms with Crippen molar-refractivity contribution in [2.24, 2.45) is 0 Å². The summed E-state index contributed by atoms with van der Waals surface area (Å²) in [4.78, 5) is 12.6. The van der Waals surface area contributed by atoms with Crippen molar-refractivity contribution in [2.45, 2.75) is 45.1 Å². The van der Waals surface area contributed by atoms with Gasteiger partial charge >= 0.3 is 0 Å². The van der Waals surface area contributed by atoms with Gasteiger partial charge in [-0.15, -0.1) is 0 Å². The first kappa shape index (κ1) is 16.8. The van der Waals surface area contributed by atoms with Gasteiger partial charge in [-0.1, -0.05) is 60.7 Å². The van der Waals surface area contributed by atoms with Crippen LogP contribution in [0.1, 0.15) is 48.1 Å². The summed E-state index contributed by atoms with van der Waals surface area (Å²) in [6.45, 7) is 2.07. The quantitative estimate of drug-likeness (QED) is 0.698. The van der Waals surface area contributed by atoms with E-state index in [-0.39, 0.29) is 11.9 Å². The van der Waals surface area contributed by atoms with Gasteiger partial charge in [0, 0.05) is 0 Å². The maximum absolute atomic E-state index is 12.6. The van der Waals surface area contributed by atoms with Gasteiger partial charge < -0.3 is 5.32 Å². The van der Waals surface area contributed by atoms with E-state index >= 15 is 0 Å². The average Bonchev–Trinajstić information content (AvgIpc) is 2.68. The van der Waals surface area contributed by atoms with E-state index in [1.165, 1.54) is 47.8 Å². The van der Waals surface area contributed by atoms with Gasteiger partial charge in [0.1, 0.15) is 0 Å². The van der Waals surface area contributed by atoms with Crippen molar-refractivity contribution < 1.29 is 4.79 Å². The predicted octanol–water partition coefficient (Wildman–Crippen LogP) is 5.14. The van der Waals surface area contributed by atoms with E-state index in [4.69, 9.17) is 0 Å². The minimum Gasteiger partial charge on any atom is -0.349 e. The molecule has 3 aromatic carbocycles. The highest BCUT2D eigenvalue weighted by atomic mass is 16.1. The molecule has 3 aromatic rings. The Bertz CT molecular complexity index is 939. The van der Waals surface area contributed by atoms with Gasteiger partial charge in [0.05, 0.1) is 12.5 Å². The molecule has 0 radical (unpaired) electrons. The molecule has 1 aliphatic carbocycles. The van der Waals surface area contributed by atoms with E-state index in [1.807, 2.05) is 24.3 Å². The fourth-order valence-corrected chi connectivity index (χ4v) is 4.02. The van der Waals surface area contributed by atoms with Gasteiger partial charge in [-0.3, -0.25) is 4.79 Å². The van der Waals surface area contributed by atoms with Crippen LogP contribution >= 0.6 is 0 Å². The van der Waals surface area contributed by atoms with Crippen LogP contribution in [0, 0.1) is 0 Å². The number of amides is 1. The zero-order valence-corrected chi connectivity index (χ0v) is 15.3. The summed E-state index contributed by atoms with van der Waals surface area (Å²) >= 11 is 0. The highest BCUT2D eigenvalue weighted by Gasteiger charge is 2.15. The molecule has 0 saturated carbocycles. The molecule has 0 fully saturated rings. The standard InChI is InChI=1S/C24H25NO/c1-17(20-14-13-18-7-2-3-9-21(18)15-20)25-24(26)16-22-11-6-10-19-8-4-5-12-23(19)22/h4-6,8,10-15,17H,2-3,7,9,16H2,1H3,(H,25,26)/t17-/m0/s1. The Morgan fingerprint density at radius 3 is 2.62 bits per heavy atom. The van der Waals surface area contributed by atoms with Crippen LogP contribution in [0.5, 0.6) is 0 Å². The van der Waals surface area contributed by atoms with Gasteiger partial charge in [0.25, 0.3) is 0 Å². The molecular weight excluding hydrogens is 318 g/mol. The molecule has 2 heteroatoms. The van der Waals surface area contributed by atoms with Crippen LogP contribution in [0.15, 0.2) is 60.7 Å². The van der Waals surface area contributed by atoms with E-state index in [2.05, 4.69) is 48.6 Å². The molecule has 0 saturated heterocycles. The second kappa shape index (κ2) is 7.33. The summed E-state index contributed by atoms with van der Waals surface area (Å²) in [5, 5.41) is 5.52. The number of carbonyl (C=O) groups excluding carboxylic acids is 1. The van der Waals surface area contributed by atoms with Crippen molar-refractivity contribution in [3.05, 3.63) is 82.9 Å². The lowest BCUT2D eigenvalue weighted by Gasteiger charge is -2.20. The lowest BCUT2D eigenvalue weighted by atomic mass is 9.89. The number of hydrogen-bond acceptors (Lipinski definition) is 1. The number of carbonyl (C=O) groups is 1. The molecule has 0 unspecified atom stereocenters. The van der Waals surface area contributed by atoms with E-state index in [0.29, 0.717) is 6.42 Å². The molecule has 0 spiro atoms. The molecule has 1 aliphatic rings. The van der Waals surface area contributed by atoms with Gasteiger partial charge in [-0.25, -0.2) is 0 Å². The molecule has 26 heavy (non-hydrogen) atoms. The first-order valence-corrected chi connectivity index (χ1v) is 9.58. The molecule has 1 N–H and O–H groups in total. The molecule has 4 rings (SSSR count). The maximum Gasteiger partial charge on any atom is 0.224 e. The lowest BCUT2D eigenvalue weighted by Crippen LogP contribution is -2.28. The molecule has 0 heterocycles. The minimum absolute atomic E-state index is 0.0321. The summed E-state index contributed by atoms with van der Waals surface area (Å²) < 4.78 is 0. The fourth-order valence-electron chi connectivity index (χ4n) is 4.02. The third-order valence-electron chi connectivity index (χ3n) is 5.48. The van der Waals surface area contributed by atoms with Crippen molar-refractivity contribution in [1.29, 1.82) is 0 Å². The third kappa shape index (κ3) is 3.50. The zero-order chi connectivity index (χ0) is 17.9. The lowest BCUT2D eigenvalue weighted by molar-refractivity contribution is -0.121. The molecule has 132 valence electrons. The van der Waals surface area contributed by atoms with Crippen molar-refractivity contribution in [1.82, 2.24) is 5.32 Å². The predicted molar refractivity (Wildman–Crippen MR) is 107 cm³/mol. The molecule has 0 aliphatic heterocycles. The van der Waals surface area contributed by atoms with Crippen LogP contribution in [-0.4, -0.2) is 5.91 Å². The van der Waals surface area contributed by atoms with Crippen molar-refractivity contribution in [2.75, 3.05) is 0 Å². The van der Waals surface area contributed by atoms with Crippen molar-refractivity contribution >= 4 is 16.7 Å². The van der Waals surface area contributed by atoms with Crippen LogP contribution in [0.2, 0.25) is 0 Å². The van der Waals surface area contributed by atoms with Crippen molar-refractivity contribution in [3.8, 4) is 0 Å². The number of fused-ring (bicyclic) bond motifs is 2. The molecule has 0 aromatic heterocycles. The summed E-state index contributed by atoms with van der Waals surface area (Å²) in [7, 11) is 0. The van der Waals surface area contributed by atoms with Crippen LogP contribution in [0.4, 0.5) is 0 Å². The Morgan fingerprint density at radius 2 is 1.73 bits per heavy atom. The second-order valence-corrected chi connectivity index (χ2v) is 7.34. The number of hydrogen-bond donors (Lipinski definition) is 1. The molecular formula is C24H25NO. The SMILES string of the molecule is C[C@H](NC(=O)Cc1cccc2ccccc12)c1ccc2c(c1)CCCC2. The van der Waals surface area contributed by atoms with Crippen molar-refractivity contribution in [3.63, 3.8) is 0 Å². The number of nitrogens with one attached hydrogen (secondary N) is 1. The Labute approximate surface area is 155 Å². The van der Waals surface area contributed by atoms with Crippen LogP contribution in [0.25, 0.3) is 10.8 Å². The first-order valence-electron chi connectivity index (χ1n) is 9.58. The second-order valence-electron chi connectivity index (χ2n) is 7.34. The zero-order valence-electron chi connectivity index (χ0n) is 15.3. The van der Waals surface area contributed by atoms with E-state index in [9.17, 15) is 4.79 Å². The number of rotatable bonds is 4. The molecule has 0 bridgehead atoms. The highest BCUT2D eigenvalue weighted by molar-refractivity contribution is 5.90. The molecule has 2 nitrogen and oxygen atoms in total. The van der Waals surface area contributed by atoms with Gasteiger partial charge in [-0.05, 0) is 65.6 Å². The Morgan fingerprint density at radius 1 is 0.962 bits per heavy atom. The number of aryl methyl sites for hydroxylation is 2. The summed E-state index contributed by atoms with van der Waals surface area (Å²) in [5.41, 5.74) is 5.23. The fraction of sp³-hybridized carbons (Fsp3) is 0.292. The Balaban J connectivity index is 1.47. The van der Waals surface area contributed by atoms with E-state index in [0.717, 1.165) is 10.9 Å². The third-order valence-corrected chi connectivity index (χ3v) is 5.48. The smallest absolute Gasteiger partial charge is 0.224 e. The Hall–Kier alpha value is -2.61. The topological polar surface area (TPSA) is 29.1 Å². The minimum atomic E-state index is 0.0321. The van der Waals surface area contributed by atoms with Gasteiger partial charge in [0.2, 0.25) is 5.91 Å². The first-order chi connectivity index (χ1) is 12.7. The average molecular weight is 343 g/mol. The maximum atomic E-state index is 12.6. The molecule has 1 amide bonds. The summed E-state index contributed by atoms with van der Waals surface area (Å²) in [6, 6.07) is 21.1. The van der Waals surface area contributed by atoms with E-state index < -0.39 is 0 Å². The number of benzene rings is 3. The highest BCUT2D eigenvalue weighted by Crippen LogP contribution is 2.25. The van der Waals surface area contributed by atoms with Crippen LogP contribution in [0.3, 0.4) is 0 Å². The monoisotopic (exact) mass is 343 g/mol. The largest absolute Gasteiger partial charge is 0.349 e. The van der Waals surface area contributed by atoms with Gasteiger partial charge in [-0.2, -0.15) is 0 Å². The molecule has 1 atom stereocenters. The van der Waals surface area contributed by atoms with E-state index in [1.54, 1.807) is 0 Å². The summed E-state index contributed by atoms with van der Waals surface area (Å²) in [5.74, 6) is 0.0755. The van der Waals surface area contributed by atoms with Crippen LogP contribution in [-0.2, 0) is 24.1 Å². The summed E-state index contributed by atoms with van der Waals surface area (Å²) in [6.07, 6.45) is 5.34. The van der Waals surface area contributed by atoms with Crippen LogP contribution < -0.4 is 5.32 Å². The normalized spacial score (nSPS) is 14.7. The Kier molecular flexibility index (Phi) is 4.75. The van der Waals surface area contributed by atoms with Gasteiger partial charge in [0.15, 0.2) is 0 Å².